The Hall–Kier alpha value is -2.76. The van der Waals surface area contributed by atoms with Gasteiger partial charge in [-0.1, -0.05) is 12.1 Å². The first-order chi connectivity index (χ1) is 13.1. The van der Waals surface area contributed by atoms with Crippen molar-refractivity contribution in [3.8, 4) is 0 Å². The number of amides is 2. The Kier molecular flexibility index (Phi) is 4.64. The van der Waals surface area contributed by atoms with Gasteiger partial charge in [0.15, 0.2) is 0 Å². The highest BCUT2D eigenvalue weighted by molar-refractivity contribution is 5.95. The van der Waals surface area contributed by atoms with E-state index in [1.807, 2.05) is 4.90 Å². The normalized spacial score (nSPS) is 22.5. The third-order valence-corrected chi connectivity index (χ3v) is 5.66. The third-order valence-electron chi connectivity index (χ3n) is 5.66. The van der Waals surface area contributed by atoms with Crippen molar-refractivity contribution in [2.24, 2.45) is 5.41 Å². The summed E-state index contributed by atoms with van der Waals surface area (Å²) in [6.45, 7) is 2.23. The number of nitrogens with zero attached hydrogens (tertiary/aromatic N) is 3. The summed E-state index contributed by atoms with van der Waals surface area (Å²) < 4.78 is 13.1. The number of hydrogen-bond acceptors (Lipinski definition) is 3. The number of rotatable bonds is 3. The van der Waals surface area contributed by atoms with Gasteiger partial charge in [-0.15, -0.1) is 0 Å². The van der Waals surface area contributed by atoms with E-state index in [2.05, 4.69) is 4.98 Å². The van der Waals surface area contributed by atoms with Crippen LogP contribution in [0.4, 0.5) is 4.39 Å². The quantitative estimate of drug-likeness (QED) is 0.838. The predicted molar refractivity (Wildman–Crippen MR) is 98.2 cm³/mol. The SMILES string of the molecule is O=C(c1cccnc1)N1CCC2(CCCN(Cc3ccc(F)cc3)C2=O)C1. The molecule has 27 heavy (non-hydrogen) atoms. The molecule has 0 N–H and O–H groups in total. The molecule has 2 fully saturated rings. The summed E-state index contributed by atoms with van der Waals surface area (Å²) >= 11 is 0. The number of likely N-dealkylation sites (tertiary alicyclic amines) is 2. The molecular formula is C21H22FN3O2. The maximum Gasteiger partial charge on any atom is 0.255 e. The molecule has 0 saturated carbocycles. The van der Waals surface area contributed by atoms with Crippen molar-refractivity contribution in [1.82, 2.24) is 14.8 Å². The van der Waals surface area contributed by atoms with Crippen molar-refractivity contribution < 1.29 is 14.0 Å². The van der Waals surface area contributed by atoms with Crippen molar-refractivity contribution in [2.75, 3.05) is 19.6 Å². The molecule has 2 saturated heterocycles. The molecule has 1 atom stereocenters. The minimum absolute atomic E-state index is 0.0663. The fraction of sp³-hybridized carbons (Fsp3) is 0.381. The van der Waals surface area contributed by atoms with Crippen LogP contribution >= 0.6 is 0 Å². The fourth-order valence-corrected chi connectivity index (χ4v) is 4.21. The van der Waals surface area contributed by atoms with E-state index in [1.54, 1.807) is 41.6 Å². The van der Waals surface area contributed by atoms with E-state index in [4.69, 9.17) is 0 Å². The number of carbonyl (C=O) groups excluding carboxylic acids is 2. The average molecular weight is 367 g/mol. The first-order valence-corrected chi connectivity index (χ1v) is 9.31. The van der Waals surface area contributed by atoms with Crippen molar-refractivity contribution in [1.29, 1.82) is 0 Å². The number of hydrogen-bond donors (Lipinski definition) is 0. The largest absolute Gasteiger partial charge is 0.338 e. The highest BCUT2D eigenvalue weighted by Gasteiger charge is 2.49. The van der Waals surface area contributed by atoms with Crippen LogP contribution in [0.5, 0.6) is 0 Å². The number of pyridine rings is 1. The van der Waals surface area contributed by atoms with Gasteiger partial charge in [0.1, 0.15) is 5.82 Å². The van der Waals surface area contributed by atoms with Crippen LogP contribution in [-0.4, -0.2) is 46.2 Å². The number of carbonyl (C=O) groups is 2. The first-order valence-electron chi connectivity index (χ1n) is 9.31. The van der Waals surface area contributed by atoms with Crippen LogP contribution in [0, 0.1) is 11.2 Å². The molecule has 0 radical (unpaired) electrons. The number of halogens is 1. The summed E-state index contributed by atoms with van der Waals surface area (Å²) in [6.07, 6.45) is 5.62. The lowest BCUT2D eigenvalue weighted by Gasteiger charge is -2.39. The minimum Gasteiger partial charge on any atom is -0.338 e. The molecule has 1 unspecified atom stereocenters. The van der Waals surface area contributed by atoms with Gasteiger partial charge >= 0.3 is 0 Å². The molecule has 1 spiro atoms. The lowest BCUT2D eigenvalue weighted by Crippen LogP contribution is -2.50. The molecular weight excluding hydrogens is 345 g/mol. The van der Waals surface area contributed by atoms with Crippen molar-refractivity contribution in [2.45, 2.75) is 25.8 Å². The molecule has 2 aliphatic rings. The summed E-state index contributed by atoms with van der Waals surface area (Å²) in [6, 6.07) is 9.78. The second-order valence-corrected chi connectivity index (χ2v) is 7.46. The Labute approximate surface area is 157 Å². The summed E-state index contributed by atoms with van der Waals surface area (Å²) in [7, 11) is 0. The molecule has 2 aliphatic heterocycles. The van der Waals surface area contributed by atoms with E-state index in [0.717, 1.165) is 18.4 Å². The molecule has 2 aromatic rings. The van der Waals surface area contributed by atoms with Crippen LogP contribution in [0.15, 0.2) is 48.8 Å². The average Bonchev–Trinajstić information content (AvgIpc) is 3.12. The molecule has 0 aliphatic carbocycles. The standard InChI is InChI=1S/C21H22FN3O2/c22-18-6-4-16(5-7-18)14-24-11-2-8-21(20(24)27)9-12-25(15-21)19(26)17-3-1-10-23-13-17/h1,3-7,10,13H,2,8-9,11-12,14-15H2. The zero-order valence-electron chi connectivity index (χ0n) is 15.1. The van der Waals surface area contributed by atoms with E-state index >= 15 is 0 Å². The maximum absolute atomic E-state index is 13.2. The zero-order valence-corrected chi connectivity index (χ0v) is 15.1. The molecule has 5 nitrogen and oxygen atoms in total. The Bertz CT molecular complexity index is 840. The lowest BCUT2D eigenvalue weighted by atomic mass is 9.78. The monoisotopic (exact) mass is 367 g/mol. The fourth-order valence-electron chi connectivity index (χ4n) is 4.21. The van der Waals surface area contributed by atoms with Crippen LogP contribution in [0.25, 0.3) is 0 Å². The zero-order chi connectivity index (χ0) is 18.9. The molecule has 1 aromatic carbocycles. The maximum atomic E-state index is 13.2. The molecule has 0 bridgehead atoms. The number of aromatic nitrogens is 1. The Morgan fingerprint density at radius 2 is 1.96 bits per heavy atom. The van der Waals surface area contributed by atoms with E-state index in [-0.39, 0.29) is 17.6 Å². The summed E-state index contributed by atoms with van der Waals surface area (Å²) in [5.41, 5.74) is 0.986. The van der Waals surface area contributed by atoms with Gasteiger partial charge in [0.25, 0.3) is 5.91 Å². The summed E-state index contributed by atoms with van der Waals surface area (Å²) in [5, 5.41) is 0. The van der Waals surface area contributed by atoms with Gasteiger partial charge in [0, 0.05) is 38.6 Å². The summed E-state index contributed by atoms with van der Waals surface area (Å²) in [4.78, 5) is 33.6. The molecule has 4 rings (SSSR count). The number of benzene rings is 1. The van der Waals surface area contributed by atoms with Crippen LogP contribution < -0.4 is 0 Å². The Morgan fingerprint density at radius 1 is 1.15 bits per heavy atom. The van der Waals surface area contributed by atoms with Gasteiger partial charge in [0.05, 0.1) is 11.0 Å². The molecule has 3 heterocycles. The van der Waals surface area contributed by atoms with Gasteiger partial charge in [0.2, 0.25) is 5.91 Å². The number of piperidine rings is 1. The Morgan fingerprint density at radius 3 is 2.70 bits per heavy atom. The van der Waals surface area contributed by atoms with Crippen LogP contribution in [0.3, 0.4) is 0 Å². The molecule has 140 valence electrons. The lowest BCUT2D eigenvalue weighted by molar-refractivity contribution is -0.146. The van der Waals surface area contributed by atoms with Crippen LogP contribution in [0.1, 0.15) is 35.2 Å². The third kappa shape index (κ3) is 3.44. The van der Waals surface area contributed by atoms with Gasteiger partial charge in [-0.05, 0) is 49.1 Å². The van der Waals surface area contributed by atoms with Crippen molar-refractivity contribution in [3.63, 3.8) is 0 Å². The summed E-state index contributed by atoms with van der Waals surface area (Å²) in [5.74, 6) is -0.233. The van der Waals surface area contributed by atoms with E-state index in [9.17, 15) is 14.0 Å². The highest BCUT2D eigenvalue weighted by atomic mass is 19.1. The minimum atomic E-state index is -0.490. The molecule has 2 amide bonds. The molecule has 1 aromatic heterocycles. The van der Waals surface area contributed by atoms with E-state index in [0.29, 0.717) is 38.2 Å². The smallest absolute Gasteiger partial charge is 0.255 e. The van der Waals surface area contributed by atoms with E-state index in [1.165, 1.54) is 12.1 Å². The highest BCUT2D eigenvalue weighted by Crippen LogP contribution is 2.40. The second-order valence-electron chi connectivity index (χ2n) is 7.46. The van der Waals surface area contributed by atoms with E-state index < -0.39 is 5.41 Å². The Balaban J connectivity index is 1.47. The van der Waals surface area contributed by atoms with Gasteiger partial charge in [-0.2, -0.15) is 0 Å². The van der Waals surface area contributed by atoms with Crippen LogP contribution in [-0.2, 0) is 11.3 Å². The second kappa shape index (κ2) is 7.10. The first kappa shape index (κ1) is 17.6. The van der Waals surface area contributed by atoms with Gasteiger partial charge < -0.3 is 9.80 Å². The van der Waals surface area contributed by atoms with Gasteiger partial charge in [-0.3, -0.25) is 14.6 Å². The van der Waals surface area contributed by atoms with Crippen molar-refractivity contribution in [3.05, 3.63) is 65.7 Å². The topological polar surface area (TPSA) is 53.5 Å². The van der Waals surface area contributed by atoms with Crippen LogP contribution in [0.2, 0.25) is 0 Å². The predicted octanol–water partition coefficient (Wildman–Crippen LogP) is 2.88. The molecule has 6 heteroatoms. The van der Waals surface area contributed by atoms with Gasteiger partial charge in [-0.25, -0.2) is 4.39 Å². The van der Waals surface area contributed by atoms with Crippen molar-refractivity contribution >= 4 is 11.8 Å².